The third-order valence-corrected chi connectivity index (χ3v) is 5.71. The highest BCUT2D eigenvalue weighted by atomic mass is 32.1. The molecule has 0 aromatic carbocycles. The minimum atomic E-state index is 0.330. The van der Waals surface area contributed by atoms with Gasteiger partial charge in [-0.25, -0.2) is 4.98 Å². The SMILES string of the molecule is COCCNC(c1nc2c(s1)CCCC2)C1CCCOC1. The van der Waals surface area contributed by atoms with Crippen LogP contribution in [0.4, 0.5) is 0 Å². The highest BCUT2D eigenvalue weighted by Crippen LogP contribution is 2.35. The van der Waals surface area contributed by atoms with E-state index < -0.39 is 0 Å². The Balaban J connectivity index is 1.74. The Bertz CT molecular complexity index is 420. The molecule has 0 amide bonds. The highest BCUT2D eigenvalue weighted by molar-refractivity contribution is 7.11. The van der Waals surface area contributed by atoms with Crippen molar-refractivity contribution in [1.82, 2.24) is 10.3 Å². The molecule has 118 valence electrons. The molecule has 2 heterocycles. The maximum Gasteiger partial charge on any atom is 0.110 e. The average Bonchev–Trinajstić information content (AvgIpc) is 2.96. The lowest BCUT2D eigenvalue weighted by Gasteiger charge is -2.29. The number of nitrogens with zero attached hydrogens (tertiary/aromatic N) is 1. The number of aromatic nitrogens is 1. The van der Waals surface area contributed by atoms with Crippen molar-refractivity contribution < 1.29 is 9.47 Å². The van der Waals surface area contributed by atoms with Crippen molar-refractivity contribution >= 4 is 11.3 Å². The van der Waals surface area contributed by atoms with E-state index >= 15 is 0 Å². The normalized spacial score (nSPS) is 23.8. The van der Waals surface area contributed by atoms with Crippen molar-refractivity contribution in [3.63, 3.8) is 0 Å². The van der Waals surface area contributed by atoms with E-state index in [-0.39, 0.29) is 0 Å². The molecule has 1 aliphatic carbocycles. The first-order valence-corrected chi connectivity index (χ1v) is 8.98. The fourth-order valence-electron chi connectivity index (χ4n) is 3.31. The lowest BCUT2D eigenvalue weighted by molar-refractivity contribution is 0.0377. The summed E-state index contributed by atoms with van der Waals surface area (Å²) < 4.78 is 10.9. The first-order valence-electron chi connectivity index (χ1n) is 8.17. The van der Waals surface area contributed by atoms with Crippen LogP contribution in [-0.4, -0.2) is 38.5 Å². The molecule has 1 aromatic heterocycles. The summed E-state index contributed by atoms with van der Waals surface area (Å²) in [6, 6.07) is 0.330. The maximum atomic E-state index is 5.70. The summed E-state index contributed by atoms with van der Waals surface area (Å²) >= 11 is 1.93. The molecule has 1 aromatic rings. The molecule has 1 aliphatic heterocycles. The van der Waals surface area contributed by atoms with Crippen LogP contribution in [0, 0.1) is 5.92 Å². The van der Waals surface area contributed by atoms with Gasteiger partial charge in [0, 0.05) is 31.1 Å². The molecule has 21 heavy (non-hydrogen) atoms. The standard InChI is InChI=1S/C16H26N2O2S/c1-19-10-8-17-15(12-5-4-9-20-11-12)16-18-13-6-2-3-7-14(13)21-16/h12,15,17H,2-11H2,1H3. The van der Waals surface area contributed by atoms with Crippen LogP contribution in [0.2, 0.25) is 0 Å². The van der Waals surface area contributed by atoms with Crippen LogP contribution in [0.15, 0.2) is 0 Å². The molecule has 4 nitrogen and oxygen atoms in total. The largest absolute Gasteiger partial charge is 0.383 e. The van der Waals surface area contributed by atoms with Gasteiger partial charge in [0.2, 0.25) is 0 Å². The molecule has 0 bridgehead atoms. The number of thiazole rings is 1. The van der Waals surface area contributed by atoms with Crippen LogP contribution >= 0.6 is 11.3 Å². The van der Waals surface area contributed by atoms with Crippen LogP contribution in [0.5, 0.6) is 0 Å². The predicted molar refractivity (Wildman–Crippen MR) is 84.9 cm³/mol. The van der Waals surface area contributed by atoms with Gasteiger partial charge in [-0.2, -0.15) is 0 Å². The number of aryl methyl sites for hydroxylation is 2. The molecule has 2 unspecified atom stereocenters. The zero-order chi connectivity index (χ0) is 14.5. The lowest BCUT2D eigenvalue weighted by atomic mass is 9.94. The molecule has 0 spiro atoms. The second-order valence-electron chi connectivity index (χ2n) is 6.03. The smallest absolute Gasteiger partial charge is 0.110 e. The molecule has 0 saturated carbocycles. The topological polar surface area (TPSA) is 43.4 Å². The van der Waals surface area contributed by atoms with E-state index in [9.17, 15) is 0 Å². The number of fused-ring (bicyclic) bond motifs is 1. The van der Waals surface area contributed by atoms with Gasteiger partial charge in [0.15, 0.2) is 0 Å². The first-order chi connectivity index (χ1) is 10.4. The molecular formula is C16H26N2O2S. The summed E-state index contributed by atoms with van der Waals surface area (Å²) in [5.74, 6) is 0.545. The molecule has 1 saturated heterocycles. The molecule has 2 atom stereocenters. The number of hydrogen-bond acceptors (Lipinski definition) is 5. The Kier molecular flexibility index (Phi) is 5.63. The Morgan fingerprint density at radius 1 is 1.38 bits per heavy atom. The van der Waals surface area contributed by atoms with Crippen LogP contribution in [0.25, 0.3) is 0 Å². The Morgan fingerprint density at radius 3 is 3.05 bits per heavy atom. The monoisotopic (exact) mass is 310 g/mol. The van der Waals surface area contributed by atoms with Crippen molar-refractivity contribution in [2.45, 2.75) is 44.6 Å². The Hall–Kier alpha value is -0.490. The molecule has 3 rings (SSSR count). The second kappa shape index (κ2) is 7.68. The van der Waals surface area contributed by atoms with Gasteiger partial charge >= 0.3 is 0 Å². The fraction of sp³-hybridized carbons (Fsp3) is 0.812. The van der Waals surface area contributed by atoms with Crippen LogP contribution in [-0.2, 0) is 22.3 Å². The summed E-state index contributed by atoms with van der Waals surface area (Å²) in [4.78, 5) is 6.48. The van der Waals surface area contributed by atoms with Gasteiger partial charge in [-0.15, -0.1) is 11.3 Å². The number of nitrogens with one attached hydrogen (secondary N) is 1. The second-order valence-corrected chi connectivity index (χ2v) is 7.15. The molecular weight excluding hydrogens is 284 g/mol. The highest BCUT2D eigenvalue weighted by Gasteiger charge is 2.29. The van der Waals surface area contributed by atoms with E-state index in [4.69, 9.17) is 14.5 Å². The van der Waals surface area contributed by atoms with E-state index in [0.29, 0.717) is 12.0 Å². The van der Waals surface area contributed by atoms with E-state index in [2.05, 4.69) is 5.32 Å². The zero-order valence-electron chi connectivity index (χ0n) is 12.9. The van der Waals surface area contributed by atoms with E-state index in [1.165, 1.54) is 41.3 Å². The summed E-state index contributed by atoms with van der Waals surface area (Å²) in [5.41, 5.74) is 1.36. The van der Waals surface area contributed by atoms with E-state index in [1.807, 2.05) is 11.3 Å². The minimum absolute atomic E-state index is 0.330. The number of ether oxygens (including phenoxy) is 2. The van der Waals surface area contributed by atoms with Crippen molar-refractivity contribution in [2.24, 2.45) is 5.92 Å². The van der Waals surface area contributed by atoms with Crippen LogP contribution < -0.4 is 5.32 Å². The van der Waals surface area contributed by atoms with Gasteiger partial charge in [-0.1, -0.05) is 0 Å². The van der Waals surface area contributed by atoms with Crippen LogP contribution in [0.3, 0.4) is 0 Å². The third-order valence-electron chi connectivity index (χ3n) is 4.47. The van der Waals surface area contributed by atoms with E-state index in [0.717, 1.165) is 39.2 Å². The van der Waals surface area contributed by atoms with Gasteiger partial charge in [-0.3, -0.25) is 0 Å². The lowest BCUT2D eigenvalue weighted by Crippen LogP contribution is -2.35. The predicted octanol–water partition coefficient (Wildman–Crippen LogP) is 2.73. The summed E-state index contributed by atoms with van der Waals surface area (Å²) in [6.07, 6.45) is 7.40. The zero-order valence-corrected chi connectivity index (χ0v) is 13.7. The number of rotatable bonds is 6. The molecule has 2 aliphatic rings. The van der Waals surface area contributed by atoms with Gasteiger partial charge in [0.25, 0.3) is 0 Å². The number of hydrogen-bond donors (Lipinski definition) is 1. The van der Waals surface area contributed by atoms with Crippen molar-refractivity contribution in [3.8, 4) is 0 Å². The first kappa shape index (κ1) is 15.4. The summed E-state index contributed by atoms with van der Waals surface area (Å²) in [5, 5.41) is 4.93. The van der Waals surface area contributed by atoms with Gasteiger partial charge in [0.1, 0.15) is 5.01 Å². The molecule has 0 radical (unpaired) electrons. The quantitative estimate of drug-likeness (QED) is 0.821. The summed E-state index contributed by atoms with van der Waals surface area (Å²) in [7, 11) is 1.75. The Morgan fingerprint density at radius 2 is 2.29 bits per heavy atom. The van der Waals surface area contributed by atoms with Crippen molar-refractivity contribution in [2.75, 3.05) is 33.5 Å². The van der Waals surface area contributed by atoms with Gasteiger partial charge in [-0.05, 0) is 38.5 Å². The number of methoxy groups -OCH3 is 1. The third kappa shape index (κ3) is 3.83. The Labute approximate surface area is 131 Å². The average molecular weight is 310 g/mol. The molecule has 1 N–H and O–H groups in total. The molecule has 5 heteroatoms. The van der Waals surface area contributed by atoms with E-state index in [1.54, 1.807) is 7.11 Å². The fourth-order valence-corrected chi connectivity index (χ4v) is 4.63. The van der Waals surface area contributed by atoms with Gasteiger partial charge < -0.3 is 14.8 Å². The van der Waals surface area contributed by atoms with Crippen molar-refractivity contribution in [1.29, 1.82) is 0 Å². The maximum absolute atomic E-state index is 5.70. The van der Waals surface area contributed by atoms with Gasteiger partial charge in [0.05, 0.1) is 24.9 Å². The van der Waals surface area contributed by atoms with Crippen molar-refractivity contribution in [3.05, 3.63) is 15.6 Å². The van der Waals surface area contributed by atoms with Crippen LogP contribution in [0.1, 0.15) is 47.3 Å². The molecule has 1 fully saturated rings. The minimum Gasteiger partial charge on any atom is -0.383 e. The summed E-state index contributed by atoms with van der Waals surface area (Å²) in [6.45, 7) is 3.39.